The van der Waals surface area contributed by atoms with E-state index in [1.54, 1.807) is 23.7 Å². The Labute approximate surface area is 151 Å². The van der Waals surface area contributed by atoms with Crippen molar-refractivity contribution < 1.29 is 4.79 Å². The molecular weight excluding hydrogens is 330 g/mol. The van der Waals surface area contributed by atoms with Gasteiger partial charge in [-0.1, -0.05) is 18.2 Å². The number of carbonyl (C=O) groups is 1. The van der Waals surface area contributed by atoms with Gasteiger partial charge in [-0.15, -0.1) is 11.3 Å². The van der Waals surface area contributed by atoms with Crippen LogP contribution in [0, 0.1) is 6.92 Å². The minimum absolute atomic E-state index is 0.153. The normalized spacial score (nSPS) is 13.6. The van der Waals surface area contributed by atoms with Crippen molar-refractivity contribution in [3.05, 3.63) is 64.9 Å². The summed E-state index contributed by atoms with van der Waals surface area (Å²) in [4.78, 5) is 24.6. The van der Waals surface area contributed by atoms with Crippen molar-refractivity contribution in [2.75, 3.05) is 11.4 Å². The van der Waals surface area contributed by atoms with Crippen molar-refractivity contribution in [2.45, 2.75) is 26.2 Å². The summed E-state index contributed by atoms with van der Waals surface area (Å²) in [6.07, 6.45) is 6.00. The number of hydrogen-bond donors (Lipinski definition) is 0. The van der Waals surface area contributed by atoms with Gasteiger partial charge >= 0.3 is 0 Å². The number of fused-ring (bicyclic) bond motifs is 1. The molecule has 1 aromatic carbocycles. The van der Waals surface area contributed by atoms with Crippen LogP contribution in [0.5, 0.6) is 0 Å². The highest BCUT2D eigenvalue weighted by Crippen LogP contribution is 2.30. The van der Waals surface area contributed by atoms with Crippen LogP contribution in [0.3, 0.4) is 0 Å². The van der Waals surface area contributed by atoms with Crippen LogP contribution in [0.15, 0.2) is 48.8 Å². The highest BCUT2D eigenvalue weighted by Gasteiger charge is 2.23. The van der Waals surface area contributed by atoms with Crippen LogP contribution < -0.4 is 4.90 Å². The lowest BCUT2D eigenvalue weighted by atomic mass is 10.0. The monoisotopic (exact) mass is 349 g/mol. The molecule has 0 spiro atoms. The number of para-hydroxylation sites is 1. The van der Waals surface area contributed by atoms with Gasteiger partial charge in [0.25, 0.3) is 0 Å². The van der Waals surface area contributed by atoms with Gasteiger partial charge in [0.05, 0.1) is 12.1 Å². The Morgan fingerprint density at radius 2 is 2.00 bits per heavy atom. The molecule has 25 heavy (non-hydrogen) atoms. The second kappa shape index (κ2) is 6.76. The van der Waals surface area contributed by atoms with E-state index in [-0.39, 0.29) is 5.91 Å². The van der Waals surface area contributed by atoms with Crippen LogP contribution in [0.1, 0.15) is 22.6 Å². The fraction of sp³-hybridized carbons (Fsp3) is 0.250. The summed E-state index contributed by atoms with van der Waals surface area (Å²) in [5.41, 5.74) is 4.32. The zero-order chi connectivity index (χ0) is 17.2. The highest BCUT2D eigenvalue weighted by atomic mass is 32.1. The third-order valence-electron chi connectivity index (χ3n) is 4.54. The molecule has 3 heterocycles. The van der Waals surface area contributed by atoms with Gasteiger partial charge in [-0.05, 0) is 43.5 Å². The molecule has 0 aliphatic carbocycles. The van der Waals surface area contributed by atoms with E-state index < -0.39 is 0 Å². The molecule has 4 rings (SSSR count). The molecule has 126 valence electrons. The lowest BCUT2D eigenvalue weighted by Gasteiger charge is -2.29. The van der Waals surface area contributed by atoms with Gasteiger partial charge < -0.3 is 4.90 Å². The number of hydrogen-bond acceptors (Lipinski definition) is 4. The summed E-state index contributed by atoms with van der Waals surface area (Å²) in [5.74, 6) is 0.153. The van der Waals surface area contributed by atoms with Crippen LogP contribution in [0.25, 0.3) is 10.6 Å². The van der Waals surface area contributed by atoms with Gasteiger partial charge in [-0.25, -0.2) is 4.98 Å². The second-order valence-electron chi connectivity index (χ2n) is 6.22. The number of aryl methyl sites for hydroxylation is 2. The van der Waals surface area contributed by atoms with E-state index in [2.05, 4.69) is 16.0 Å². The molecule has 4 nitrogen and oxygen atoms in total. The maximum atomic E-state index is 12.9. The summed E-state index contributed by atoms with van der Waals surface area (Å²) < 4.78 is 0. The first-order valence-electron chi connectivity index (χ1n) is 8.47. The van der Waals surface area contributed by atoms with Gasteiger partial charge in [0.15, 0.2) is 0 Å². The molecule has 1 amide bonds. The molecule has 0 saturated carbocycles. The summed E-state index contributed by atoms with van der Waals surface area (Å²) in [6, 6.07) is 12.1. The first kappa shape index (κ1) is 16.0. The number of anilines is 1. The molecule has 0 radical (unpaired) electrons. The minimum Gasteiger partial charge on any atom is -0.312 e. The van der Waals surface area contributed by atoms with E-state index in [1.165, 1.54) is 5.56 Å². The van der Waals surface area contributed by atoms with E-state index in [0.717, 1.165) is 46.2 Å². The molecule has 0 bridgehead atoms. The Morgan fingerprint density at radius 3 is 2.84 bits per heavy atom. The first-order chi connectivity index (χ1) is 12.2. The van der Waals surface area contributed by atoms with Crippen molar-refractivity contribution in [3.8, 4) is 10.6 Å². The molecule has 3 aromatic rings. The van der Waals surface area contributed by atoms with E-state index >= 15 is 0 Å². The van der Waals surface area contributed by atoms with Crippen molar-refractivity contribution in [2.24, 2.45) is 0 Å². The summed E-state index contributed by atoms with van der Waals surface area (Å²) in [7, 11) is 0. The van der Waals surface area contributed by atoms with E-state index in [1.807, 2.05) is 42.2 Å². The summed E-state index contributed by atoms with van der Waals surface area (Å²) in [5, 5.41) is 0.946. The van der Waals surface area contributed by atoms with Gasteiger partial charge in [0.2, 0.25) is 5.91 Å². The summed E-state index contributed by atoms with van der Waals surface area (Å²) in [6.45, 7) is 2.78. The van der Waals surface area contributed by atoms with Gasteiger partial charge in [0.1, 0.15) is 5.01 Å². The molecule has 5 heteroatoms. The van der Waals surface area contributed by atoms with Crippen LogP contribution in [-0.2, 0) is 17.6 Å². The predicted octanol–water partition coefficient (Wildman–Crippen LogP) is 4.04. The predicted molar refractivity (Wildman–Crippen MR) is 101 cm³/mol. The lowest BCUT2D eigenvalue weighted by Crippen LogP contribution is -2.36. The van der Waals surface area contributed by atoms with Crippen molar-refractivity contribution in [1.29, 1.82) is 0 Å². The maximum absolute atomic E-state index is 12.9. The zero-order valence-electron chi connectivity index (χ0n) is 14.1. The van der Waals surface area contributed by atoms with Gasteiger partial charge in [0, 0.05) is 35.1 Å². The first-order valence-corrected chi connectivity index (χ1v) is 9.29. The Balaban J connectivity index is 1.57. The number of amides is 1. The van der Waals surface area contributed by atoms with E-state index in [4.69, 9.17) is 0 Å². The SMILES string of the molecule is Cc1nc(-c2ccncc2)sc1CC(=O)N1CCCc2ccccc21. The Kier molecular flexibility index (Phi) is 4.32. The number of carbonyl (C=O) groups excluding carboxylic acids is 1. The molecule has 0 atom stereocenters. The van der Waals surface area contributed by atoms with Crippen LogP contribution in [0.4, 0.5) is 5.69 Å². The number of nitrogens with zero attached hydrogens (tertiary/aromatic N) is 3. The fourth-order valence-electron chi connectivity index (χ4n) is 3.24. The maximum Gasteiger partial charge on any atom is 0.232 e. The van der Waals surface area contributed by atoms with Crippen LogP contribution in [-0.4, -0.2) is 22.4 Å². The lowest BCUT2D eigenvalue weighted by molar-refractivity contribution is -0.118. The quantitative estimate of drug-likeness (QED) is 0.717. The molecular formula is C20H19N3OS. The molecule has 0 N–H and O–H groups in total. The Hall–Kier alpha value is -2.53. The number of thiazole rings is 1. The fourth-order valence-corrected chi connectivity index (χ4v) is 4.29. The highest BCUT2D eigenvalue weighted by molar-refractivity contribution is 7.15. The second-order valence-corrected chi connectivity index (χ2v) is 7.30. The molecule has 0 fully saturated rings. The van der Waals surface area contributed by atoms with Gasteiger partial charge in [-0.2, -0.15) is 0 Å². The topological polar surface area (TPSA) is 46.1 Å². The minimum atomic E-state index is 0.153. The average Bonchev–Trinajstić information content (AvgIpc) is 3.02. The Morgan fingerprint density at radius 1 is 1.20 bits per heavy atom. The van der Waals surface area contributed by atoms with Crippen LogP contribution in [0.2, 0.25) is 0 Å². The molecule has 2 aromatic heterocycles. The van der Waals surface area contributed by atoms with Crippen LogP contribution >= 0.6 is 11.3 Å². The summed E-state index contributed by atoms with van der Waals surface area (Å²) >= 11 is 1.60. The molecule has 0 saturated heterocycles. The third-order valence-corrected chi connectivity index (χ3v) is 5.75. The largest absolute Gasteiger partial charge is 0.312 e. The van der Waals surface area contributed by atoms with E-state index in [9.17, 15) is 4.79 Å². The molecule has 0 unspecified atom stereocenters. The average molecular weight is 349 g/mol. The number of pyridine rings is 1. The smallest absolute Gasteiger partial charge is 0.232 e. The number of aromatic nitrogens is 2. The zero-order valence-corrected chi connectivity index (χ0v) is 14.9. The van der Waals surface area contributed by atoms with Crippen molar-refractivity contribution >= 4 is 22.9 Å². The Bertz CT molecular complexity index is 904. The van der Waals surface area contributed by atoms with Gasteiger partial charge in [-0.3, -0.25) is 9.78 Å². The third kappa shape index (κ3) is 3.20. The van der Waals surface area contributed by atoms with Crippen molar-refractivity contribution in [3.63, 3.8) is 0 Å². The number of rotatable bonds is 3. The van der Waals surface area contributed by atoms with E-state index in [0.29, 0.717) is 6.42 Å². The molecule has 1 aliphatic rings. The van der Waals surface area contributed by atoms with Crippen molar-refractivity contribution in [1.82, 2.24) is 9.97 Å². The number of benzene rings is 1. The standard InChI is InChI=1S/C20H19N3OS/c1-14-18(25-20(22-14)16-8-10-21-11-9-16)13-19(24)23-12-4-6-15-5-2-3-7-17(15)23/h2-3,5,7-11H,4,6,12-13H2,1H3. The molecule has 1 aliphatic heterocycles.